The summed E-state index contributed by atoms with van der Waals surface area (Å²) in [7, 11) is 0. The molecule has 1 unspecified atom stereocenters. The van der Waals surface area contributed by atoms with Gasteiger partial charge in [0, 0.05) is 24.7 Å². The van der Waals surface area contributed by atoms with Gasteiger partial charge in [-0.25, -0.2) is 0 Å². The number of hydrogen-bond acceptors (Lipinski definition) is 2. The van der Waals surface area contributed by atoms with E-state index in [-0.39, 0.29) is 6.04 Å². The quantitative estimate of drug-likeness (QED) is 0.794. The summed E-state index contributed by atoms with van der Waals surface area (Å²) < 4.78 is 37.3. The highest BCUT2D eigenvalue weighted by atomic mass is 19.4. The minimum absolute atomic E-state index is 0.148. The van der Waals surface area contributed by atoms with E-state index in [1.807, 2.05) is 27.7 Å². The van der Waals surface area contributed by atoms with Crippen molar-refractivity contribution < 1.29 is 13.2 Å². The topological polar surface area (TPSA) is 15.3 Å². The molecular weight excluding hydrogens is 217 g/mol. The molecule has 1 rings (SSSR count). The number of rotatable bonds is 2. The van der Waals surface area contributed by atoms with E-state index in [0.717, 1.165) is 0 Å². The zero-order valence-electron chi connectivity index (χ0n) is 10.4. The predicted octanol–water partition coefficient (Wildman–Crippen LogP) is 2.26. The molecular formula is C11H21F3N2. The van der Waals surface area contributed by atoms with Crippen LogP contribution < -0.4 is 5.32 Å². The maximum Gasteiger partial charge on any atom is 0.401 e. The van der Waals surface area contributed by atoms with Gasteiger partial charge in [-0.2, -0.15) is 13.2 Å². The molecule has 1 aliphatic rings. The first-order chi connectivity index (χ1) is 7.12. The van der Waals surface area contributed by atoms with E-state index in [2.05, 4.69) is 5.32 Å². The number of hydrogen-bond donors (Lipinski definition) is 1. The molecule has 2 nitrogen and oxygen atoms in total. The third-order valence-electron chi connectivity index (χ3n) is 3.24. The van der Waals surface area contributed by atoms with Crippen LogP contribution in [0.2, 0.25) is 0 Å². The minimum Gasteiger partial charge on any atom is -0.311 e. The van der Waals surface area contributed by atoms with Crippen molar-refractivity contribution in [1.82, 2.24) is 10.2 Å². The lowest BCUT2D eigenvalue weighted by Gasteiger charge is -2.47. The van der Waals surface area contributed by atoms with Gasteiger partial charge in [0.15, 0.2) is 0 Å². The lowest BCUT2D eigenvalue weighted by atomic mass is 9.93. The van der Waals surface area contributed by atoms with Gasteiger partial charge in [-0.15, -0.1) is 0 Å². The number of alkyl halides is 3. The van der Waals surface area contributed by atoms with Crippen LogP contribution in [0.4, 0.5) is 13.2 Å². The Balaban J connectivity index is 2.69. The summed E-state index contributed by atoms with van der Waals surface area (Å²) in [5, 5.41) is 3.32. The molecule has 1 N–H and O–H groups in total. The molecule has 1 atom stereocenters. The van der Waals surface area contributed by atoms with Crippen LogP contribution >= 0.6 is 0 Å². The second-order valence-electron chi connectivity index (χ2n) is 5.54. The van der Waals surface area contributed by atoms with Gasteiger partial charge in [-0.05, 0) is 19.8 Å². The van der Waals surface area contributed by atoms with E-state index < -0.39 is 18.3 Å². The predicted molar refractivity (Wildman–Crippen MR) is 58.3 cm³/mol. The molecule has 0 spiro atoms. The summed E-state index contributed by atoms with van der Waals surface area (Å²) in [6, 6.07) is 0.148. The first kappa shape index (κ1) is 13.8. The Morgan fingerprint density at radius 2 is 1.94 bits per heavy atom. The molecule has 5 heteroatoms. The Hall–Kier alpha value is -0.290. The van der Waals surface area contributed by atoms with Crippen LogP contribution in [0.15, 0.2) is 0 Å². The fourth-order valence-electron chi connectivity index (χ4n) is 1.98. The Kier molecular flexibility index (Phi) is 3.90. The third-order valence-corrected chi connectivity index (χ3v) is 3.24. The van der Waals surface area contributed by atoms with E-state index in [4.69, 9.17) is 0 Å². The van der Waals surface area contributed by atoms with E-state index in [9.17, 15) is 13.2 Å². The first-order valence-corrected chi connectivity index (χ1v) is 5.67. The van der Waals surface area contributed by atoms with Crippen LogP contribution in [-0.2, 0) is 0 Å². The molecule has 0 aliphatic carbocycles. The zero-order chi connectivity index (χ0) is 12.6. The van der Waals surface area contributed by atoms with Crippen molar-refractivity contribution >= 4 is 0 Å². The van der Waals surface area contributed by atoms with Crippen LogP contribution in [0.5, 0.6) is 0 Å². The lowest BCUT2D eigenvalue weighted by molar-refractivity contribution is -0.162. The highest BCUT2D eigenvalue weighted by Crippen LogP contribution is 2.26. The standard InChI is InChI=1S/C11H21F3N2/c1-8(2)9-5-16(7-11(12,13)14)10(3,4)6-15-9/h8-9,15H,5-7H2,1-4H3. The summed E-state index contributed by atoms with van der Waals surface area (Å²) in [6.45, 7) is 8.01. The smallest absolute Gasteiger partial charge is 0.311 e. The molecule has 1 aliphatic heterocycles. The van der Waals surface area contributed by atoms with Gasteiger partial charge in [0.25, 0.3) is 0 Å². The molecule has 1 saturated heterocycles. The second kappa shape index (κ2) is 4.53. The van der Waals surface area contributed by atoms with E-state index in [1.54, 1.807) is 0 Å². The van der Waals surface area contributed by atoms with Crippen molar-refractivity contribution in [2.24, 2.45) is 5.92 Å². The maximum absolute atomic E-state index is 12.4. The summed E-state index contributed by atoms with van der Waals surface area (Å²) in [4.78, 5) is 1.54. The number of nitrogens with one attached hydrogen (secondary N) is 1. The van der Waals surface area contributed by atoms with Crippen LogP contribution in [0, 0.1) is 5.92 Å². The molecule has 96 valence electrons. The second-order valence-corrected chi connectivity index (χ2v) is 5.54. The third kappa shape index (κ3) is 3.63. The molecule has 0 aromatic carbocycles. The Morgan fingerprint density at radius 1 is 1.38 bits per heavy atom. The average Bonchev–Trinajstić information content (AvgIpc) is 2.05. The summed E-state index contributed by atoms with van der Waals surface area (Å²) in [5.41, 5.74) is -0.430. The molecule has 0 aromatic heterocycles. The Labute approximate surface area is 95.2 Å². The fraction of sp³-hybridized carbons (Fsp3) is 1.00. The molecule has 0 aromatic rings. The van der Waals surface area contributed by atoms with E-state index >= 15 is 0 Å². The van der Waals surface area contributed by atoms with Crippen LogP contribution in [0.25, 0.3) is 0 Å². The lowest BCUT2D eigenvalue weighted by Crippen LogP contribution is -2.64. The Morgan fingerprint density at radius 3 is 2.38 bits per heavy atom. The van der Waals surface area contributed by atoms with Crippen molar-refractivity contribution in [3.8, 4) is 0 Å². The van der Waals surface area contributed by atoms with Gasteiger partial charge in [-0.3, -0.25) is 4.90 Å². The number of piperazine rings is 1. The van der Waals surface area contributed by atoms with E-state index in [0.29, 0.717) is 19.0 Å². The van der Waals surface area contributed by atoms with Crippen molar-refractivity contribution in [3.05, 3.63) is 0 Å². The highest BCUT2D eigenvalue weighted by Gasteiger charge is 2.41. The van der Waals surface area contributed by atoms with Gasteiger partial charge >= 0.3 is 6.18 Å². The van der Waals surface area contributed by atoms with Gasteiger partial charge < -0.3 is 5.32 Å². The molecule has 1 fully saturated rings. The highest BCUT2D eigenvalue weighted by molar-refractivity contribution is 4.94. The molecule has 0 saturated carbocycles. The van der Waals surface area contributed by atoms with Crippen molar-refractivity contribution in [1.29, 1.82) is 0 Å². The first-order valence-electron chi connectivity index (χ1n) is 5.67. The van der Waals surface area contributed by atoms with Gasteiger partial charge in [-0.1, -0.05) is 13.8 Å². The molecule has 16 heavy (non-hydrogen) atoms. The average molecular weight is 238 g/mol. The minimum atomic E-state index is -4.11. The summed E-state index contributed by atoms with van der Waals surface area (Å²) in [5.74, 6) is 0.354. The molecule has 0 radical (unpaired) electrons. The Bertz CT molecular complexity index is 236. The van der Waals surface area contributed by atoms with Crippen molar-refractivity contribution in [3.63, 3.8) is 0 Å². The van der Waals surface area contributed by atoms with Crippen LogP contribution in [0.1, 0.15) is 27.7 Å². The van der Waals surface area contributed by atoms with E-state index in [1.165, 1.54) is 4.90 Å². The van der Waals surface area contributed by atoms with Crippen molar-refractivity contribution in [2.45, 2.75) is 45.5 Å². The fourth-order valence-corrected chi connectivity index (χ4v) is 1.98. The summed E-state index contributed by atoms with van der Waals surface area (Å²) >= 11 is 0. The zero-order valence-corrected chi connectivity index (χ0v) is 10.4. The molecule has 0 bridgehead atoms. The van der Waals surface area contributed by atoms with Crippen LogP contribution in [-0.4, -0.2) is 42.3 Å². The summed E-state index contributed by atoms with van der Waals surface area (Å²) in [6.07, 6.45) is -4.11. The molecule has 0 amide bonds. The normalized spacial score (nSPS) is 27.4. The van der Waals surface area contributed by atoms with Gasteiger partial charge in [0.2, 0.25) is 0 Å². The number of halogens is 3. The maximum atomic E-state index is 12.4. The van der Waals surface area contributed by atoms with Crippen molar-refractivity contribution in [2.75, 3.05) is 19.6 Å². The van der Waals surface area contributed by atoms with Gasteiger partial charge in [0.1, 0.15) is 0 Å². The number of nitrogens with zero attached hydrogens (tertiary/aromatic N) is 1. The monoisotopic (exact) mass is 238 g/mol. The largest absolute Gasteiger partial charge is 0.401 e. The molecule has 1 heterocycles. The SMILES string of the molecule is CC(C)C1CN(CC(F)(F)F)C(C)(C)CN1. The van der Waals surface area contributed by atoms with Crippen LogP contribution in [0.3, 0.4) is 0 Å². The van der Waals surface area contributed by atoms with Gasteiger partial charge in [0.05, 0.1) is 6.54 Å².